The van der Waals surface area contributed by atoms with Crippen molar-refractivity contribution < 1.29 is 4.79 Å². The van der Waals surface area contributed by atoms with E-state index in [1.165, 1.54) is 0 Å². The number of aromatic nitrogens is 1. The summed E-state index contributed by atoms with van der Waals surface area (Å²) in [5.74, 6) is 1.74. The largest absolute Gasteiger partial charge is 0.361 e. The summed E-state index contributed by atoms with van der Waals surface area (Å²) < 4.78 is 0. The normalized spacial score (nSPS) is 10.2. The molecule has 19 heavy (non-hydrogen) atoms. The van der Waals surface area contributed by atoms with Crippen molar-refractivity contribution in [1.82, 2.24) is 4.98 Å². The van der Waals surface area contributed by atoms with Crippen molar-refractivity contribution >= 4 is 23.9 Å². The first kappa shape index (κ1) is 13.6. The van der Waals surface area contributed by atoms with Crippen LogP contribution in [0.15, 0.2) is 42.6 Å². The van der Waals surface area contributed by atoms with Gasteiger partial charge >= 0.3 is 0 Å². The number of hydrogen-bond acceptors (Lipinski definition) is 4. The number of pyridine rings is 1. The molecular weight excluding hydrogens is 256 g/mol. The smallest absolute Gasteiger partial charge is 0.126 e. The maximum atomic E-state index is 10.4. The molecule has 0 unspecified atom stereocenters. The fraction of sp³-hybridized carbons (Fsp3) is 0.200. The van der Waals surface area contributed by atoms with Crippen molar-refractivity contribution in [2.45, 2.75) is 6.42 Å². The fourth-order valence-corrected chi connectivity index (χ4v) is 2.04. The van der Waals surface area contributed by atoms with Crippen LogP contribution < -0.4 is 5.32 Å². The quantitative estimate of drug-likeness (QED) is 0.647. The third kappa shape index (κ3) is 3.83. The molecule has 0 aliphatic heterocycles. The highest BCUT2D eigenvalue weighted by Gasteiger charge is 1.99. The van der Waals surface area contributed by atoms with Gasteiger partial charge in [-0.25, -0.2) is 4.98 Å². The molecule has 0 spiro atoms. The molecule has 1 aromatic carbocycles. The van der Waals surface area contributed by atoms with Gasteiger partial charge in [0.05, 0.1) is 5.88 Å². The molecule has 0 aliphatic carbocycles. The van der Waals surface area contributed by atoms with E-state index in [4.69, 9.17) is 0 Å². The monoisotopic (exact) mass is 272 g/mol. The molecule has 2 aromatic rings. The Hall–Kier alpha value is -1.81. The summed E-state index contributed by atoms with van der Waals surface area (Å²) in [5.41, 5.74) is 3.22. The SMILES string of the molecule is CSCNc1ccc(-c2ccc(CC=O)cc2)cn1. The maximum Gasteiger partial charge on any atom is 0.126 e. The number of nitrogens with one attached hydrogen (secondary N) is 1. The van der Waals surface area contributed by atoms with Gasteiger partial charge in [0.25, 0.3) is 0 Å². The highest BCUT2D eigenvalue weighted by molar-refractivity contribution is 7.98. The lowest BCUT2D eigenvalue weighted by Crippen LogP contribution is -1.98. The van der Waals surface area contributed by atoms with E-state index in [2.05, 4.69) is 10.3 Å². The Bertz CT molecular complexity index is 523. The van der Waals surface area contributed by atoms with Crippen molar-refractivity contribution in [2.75, 3.05) is 17.4 Å². The zero-order valence-corrected chi connectivity index (χ0v) is 11.6. The second-order valence-electron chi connectivity index (χ2n) is 4.11. The summed E-state index contributed by atoms with van der Waals surface area (Å²) in [6.07, 6.45) is 5.29. The van der Waals surface area contributed by atoms with Crippen LogP contribution >= 0.6 is 11.8 Å². The molecular formula is C15H16N2OS. The van der Waals surface area contributed by atoms with Crippen molar-refractivity contribution in [1.29, 1.82) is 0 Å². The summed E-state index contributed by atoms with van der Waals surface area (Å²) in [4.78, 5) is 14.8. The molecule has 0 amide bonds. The van der Waals surface area contributed by atoms with E-state index in [1.54, 1.807) is 11.8 Å². The second kappa shape index (κ2) is 6.95. The van der Waals surface area contributed by atoms with Gasteiger partial charge in [-0.1, -0.05) is 24.3 Å². The zero-order chi connectivity index (χ0) is 13.5. The summed E-state index contributed by atoms with van der Waals surface area (Å²) in [6.45, 7) is 0. The Morgan fingerprint density at radius 3 is 2.47 bits per heavy atom. The average molecular weight is 272 g/mol. The van der Waals surface area contributed by atoms with Gasteiger partial charge in [-0.2, -0.15) is 0 Å². The number of rotatable bonds is 6. The van der Waals surface area contributed by atoms with Gasteiger partial charge in [0.1, 0.15) is 12.1 Å². The number of benzene rings is 1. The van der Waals surface area contributed by atoms with Gasteiger partial charge in [0.15, 0.2) is 0 Å². The Labute approximate surface area is 117 Å². The Kier molecular flexibility index (Phi) is 4.98. The molecule has 1 aromatic heterocycles. The van der Waals surface area contributed by atoms with E-state index in [9.17, 15) is 4.79 Å². The van der Waals surface area contributed by atoms with Crippen LogP contribution in [0.1, 0.15) is 5.56 Å². The summed E-state index contributed by atoms with van der Waals surface area (Å²) in [6, 6.07) is 12.0. The number of carbonyl (C=O) groups excluding carboxylic acids is 1. The average Bonchev–Trinajstić information content (AvgIpc) is 2.47. The number of aldehydes is 1. The lowest BCUT2D eigenvalue weighted by atomic mass is 10.0. The van der Waals surface area contributed by atoms with E-state index in [0.717, 1.165) is 34.7 Å². The van der Waals surface area contributed by atoms with Gasteiger partial charge in [-0.3, -0.25) is 0 Å². The summed E-state index contributed by atoms with van der Waals surface area (Å²) in [5, 5.41) is 3.21. The molecule has 4 heteroatoms. The number of carbonyl (C=O) groups is 1. The van der Waals surface area contributed by atoms with E-state index in [1.807, 2.05) is 48.9 Å². The van der Waals surface area contributed by atoms with Crippen LogP contribution in [-0.4, -0.2) is 23.4 Å². The zero-order valence-electron chi connectivity index (χ0n) is 10.8. The first-order valence-electron chi connectivity index (χ1n) is 6.05. The lowest BCUT2D eigenvalue weighted by Gasteiger charge is -2.06. The third-order valence-electron chi connectivity index (χ3n) is 2.77. The first-order valence-corrected chi connectivity index (χ1v) is 7.44. The molecule has 0 aliphatic rings. The Balaban J connectivity index is 2.10. The van der Waals surface area contributed by atoms with Gasteiger partial charge in [0.2, 0.25) is 0 Å². The van der Waals surface area contributed by atoms with Gasteiger partial charge in [-0.15, -0.1) is 11.8 Å². The van der Waals surface area contributed by atoms with Crippen LogP contribution in [0.3, 0.4) is 0 Å². The Morgan fingerprint density at radius 2 is 1.89 bits per heavy atom. The number of anilines is 1. The maximum absolute atomic E-state index is 10.4. The first-order chi connectivity index (χ1) is 9.33. The van der Waals surface area contributed by atoms with E-state index < -0.39 is 0 Å². The number of nitrogens with zero attached hydrogens (tertiary/aromatic N) is 1. The van der Waals surface area contributed by atoms with Crippen LogP contribution in [0, 0.1) is 0 Å². The second-order valence-corrected chi connectivity index (χ2v) is 4.98. The number of thioether (sulfide) groups is 1. The molecule has 1 heterocycles. The fourth-order valence-electron chi connectivity index (χ4n) is 1.74. The molecule has 3 nitrogen and oxygen atoms in total. The molecule has 0 atom stereocenters. The summed E-state index contributed by atoms with van der Waals surface area (Å²) >= 11 is 1.72. The number of hydrogen-bond donors (Lipinski definition) is 1. The molecule has 0 fully saturated rings. The van der Waals surface area contributed by atoms with Crippen molar-refractivity contribution in [3.8, 4) is 11.1 Å². The van der Waals surface area contributed by atoms with E-state index in [-0.39, 0.29) is 0 Å². The lowest BCUT2D eigenvalue weighted by molar-refractivity contribution is -0.107. The van der Waals surface area contributed by atoms with Gasteiger partial charge < -0.3 is 10.1 Å². The van der Waals surface area contributed by atoms with Crippen molar-refractivity contribution in [2.24, 2.45) is 0 Å². The molecule has 0 bridgehead atoms. The molecule has 98 valence electrons. The van der Waals surface area contributed by atoms with E-state index >= 15 is 0 Å². The van der Waals surface area contributed by atoms with Gasteiger partial charge in [-0.05, 0) is 29.5 Å². The van der Waals surface area contributed by atoms with Crippen LogP contribution in [0.5, 0.6) is 0 Å². The van der Waals surface area contributed by atoms with Crippen LogP contribution in [0.2, 0.25) is 0 Å². The molecule has 0 radical (unpaired) electrons. The topological polar surface area (TPSA) is 42.0 Å². The molecule has 2 rings (SSSR count). The Morgan fingerprint density at radius 1 is 1.16 bits per heavy atom. The van der Waals surface area contributed by atoms with Crippen LogP contribution in [-0.2, 0) is 11.2 Å². The highest BCUT2D eigenvalue weighted by atomic mass is 32.2. The predicted octanol–water partition coefficient (Wildman–Crippen LogP) is 3.22. The molecule has 0 saturated carbocycles. The van der Waals surface area contributed by atoms with Crippen molar-refractivity contribution in [3.63, 3.8) is 0 Å². The third-order valence-corrected chi connectivity index (χ3v) is 3.20. The standard InChI is InChI=1S/C15H16N2OS/c1-19-11-17-15-7-6-14(10-16-15)13-4-2-12(3-5-13)8-9-18/h2-7,9-10H,8,11H2,1H3,(H,16,17). The minimum absolute atomic E-state index is 0.468. The minimum atomic E-state index is 0.468. The van der Waals surface area contributed by atoms with Crippen molar-refractivity contribution in [3.05, 3.63) is 48.2 Å². The molecule has 0 saturated heterocycles. The highest BCUT2D eigenvalue weighted by Crippen LogP contribution is 2.20. The molecule has 1 N–H and O–H groups in total. The van der Waals surface area contributed by atoms with Crippen LogP contribution in [0.25, 0.3) is 11.1 Å². The predicted molar refractivity (Wildman–Crippen MR) is 81.4 cm³/mol. The van der Waals surface area contributed by atoms with E-state index in [0.29, 0.717) is 6.42 Å². The van der Waals surface area contributed by atoms with Gasteiger partial charge in [0, 0.05) is 18.2 Å². The minimum Gasteiger partial charge on any atom is -0.361 e. The summed E-state index contributed by atoms with van der Waals surface area (Å²) in [7, 11) is 0. The van der Waals surface area contributed by atoms with Crippen LogP contribution in [0.4, 0.5) is 5.82 Å².